The quantitative estimate of drug-likeness (QED) is 0.626. The van der Waals surface area contributed by atoms with E-state index in [1.807, 2.05) is 6.92 Å². The number of aliphatic carboxylic acids is 1. The largest absolute Gasteiger partial charge is 0.489 e. The Hall–Kier alpha value is -2.86. The second-order valence-electron chi connectivity index (χ2n) is 7.51. The standard InChI is InChI=1S/C19H21BrFN7O3/c1-19(11-22-15(9-23-19)18-24-25-26-28(18)10-17(29)30)27-6-4-13(5-7-27)31-16-8-12(21)2-3-14(16)20/h2-3,8-9,11,13,23H,4-7,10H2,1H3,(H,29,30). The molecule has 1 saturated heterocycles. The average Bonchev–Trinajstić information content (AvgIpc) is 3.19. The molecular weight excluding hydrogens is 473 g/mol. The fraction of sp³-hybridized carbons (Fsp3) is 0.421. The van der Waals surface area contributed by atoms with Crippen molar-refractivity contribution in [1.82, 2.24) is 30.4 Å². The van der Waals surface area contributed by atoms with Crippen molar-refractivity contribution in [3.8, 4) is 5.75 Å². The fourth-order valence-electron chi connectivity index (χ4n) is 3.59. The van der Waals surface area contributed by atoms with Crippen LogP contribution in [0.15, 0.2) is 33.9 Å². The van der Waals surface area contributed by atoms with Crippen molar-refractivity contribution in [1.29, 1.82) is 0 Å². The highest BCUT2D eigenvalue weighted by molar-refractivity contribution is 9.10. The summed E-state index contributed by atoms with van der Waals surface area (Å²) in [6.07, 6.45) is 5.01. The first-order valence-corrected chi connectivity index (χ1v) is 10.5. The lowest BCUT2D eigenvalue weighted by molar-refractivity contribution is -0.137. The first-order valence-electron chi connectivity index (χ1n) is 9.72. The van der Waals surface area contributed by atoms with Gasteiger partial charge in [-0.15, -0.1) is 5.10 Å². The van der Waals surface area contributed by atoms with Gasteiger partial charge in [-0.1, -0.05) is 0 Å². The number of carboxylic acids is 1. The number of aliphatic imine (C=N–C) groups is 1. The summed E-state index contributed by atoms with van der Waals surface area (Å²) in [4.78, 5) is 17.7. The van der Waals surface area contributed by atoms with Crippen LogP contribution in [0.3, 0.4) is 0 Å². The second-order valence-corrected chi connectivity index (χ2v) is 8.37. The lowest BCUT2D eigenvalue weighted by atomic mass is 10.0. The molecule has 164 valence electrons. The minimum Gasteiger partial charge on any atom is -0.489 e. The summed E-state index contributed by atoms with van der Waals surface area (Å²) in [5.74, 6) is -0.584. The van der Waals surface area contributed by atoms with E-state index in [2.05, 4.69) is 46.7 Å². The number of tetrazole rings is 1. The van der Waals surface area contributed by atoms with E-state index in [1.165, 1.54) is 16.8 Å². The Morgan fingerprint density at radius 3 is 2.87 bits per heavy atom. The molecule has 2 N–H and O–H groups in total. The molecule has 31 heavy (non-hydrogen) atoms. The molecule has 2 aliphatic rings. The SMILES string of the molecule is CC1(N2CCC(Oc3cc(F)ccc3Br)CC2)C=NC(c2nnnn2CC(=O)O)=CN1. The van der Waals surface area contributed by atoms with Crippen LogP contribution < -0.4 is 10.1 Å². The van der Waals surface area contributed by atoms with Crippen molar-refractivity contribution in [3.05, 3.63) is 40.5 Å². The van der Waals surface area contributed by atoms with Crippen LogP contribution in [0, 0.1) is 5.82 Å². The normalized spacial score (nSPS) is 22.1. The third kappa shape index (κ3) is 4.74. The van der Waals surface area contributed by atoms with E-state index in [0.717, 1.165) is 30.4 Å². The molecule has 4 rings (SSSR count). The number of piperidine rings is 1. The number of benzene rings is 1. The number of carbonyl (C=O) groups is 1. The second kappa shape index (κ2) is 8.71. The monoisotopic (exact) mass is 493 g/mol. The van der Waals surface area contributed by atoms with Crippen molar-refractivity contribution in [2.75, 3.05) is 13.1 Å². The Bertz CT molecular complexity index is 1040. The highest BCUT2D eigenvalue weighted by Gasteiger charge is 2.35. The summed E-state index contributed by atoms with van der Waals surface area (Å²) in [7, 11) is 0. The molecule has 1 unspecified atom stereocenters. The fourth-order valence-corrected chi connectivity index (χ4v) is 3.93. The number of nitrogens with zero attached hydrogens (tertiary/aromatic N) is 6. The number of rotatable bonds is 6. The lowest BCUT2D eigenvalue weighted by Crippen LogP contribution is -2.60. The molecule has 1 aromatic carbocycles. The average molecular weight is 494 g/mol. The summed E-state index contributed by atoms with van der Waals surface area (Å²) >= 11 is 3.40. The van der Waals surface area contributed by atoms with Gasteiger partial charge in [0.1, 0.15) is 35.6 Å². The van der Waals surface area contributed by atoms with Crippen LogP contribution in [0.1, 0.15) is 25.6 Å². The zero-order chi connectivity index (χ0) is 22.0. The highest BCUT2D eigenvalue weighted by Crippen LogP contribution is 2.30. The van der Waals surface area contributed by atoms with Gasteiger partial charge >= 0.3 is 5.97 Å². The van der Waals surface area contributed by atoms with Gasteiger partial charge in [0, 0.05) is 31.6 Å². The molecule has 3 heterocycles. The van der Waals surface area contributed by atoms with Crippen LogP contribution in [0.2, 0.25) is 0 Å². The van der Waals surface area contributed by atoms with Crippen molar-refractivity contribution in [2.24, 2.45) is 4.99 Å². The summed E-state index contributed by atoms with van der Waals surface area (Å²) in [5, 5.41) is 23.4. The van der Waals surface area contributed by atoms with E-state index in [-0.39, 0.29) is 24.3 Å². The molecular formula is C19H21BrFN7O3. The molecule has 1 fully saturated rings. The first-order chi connectivity index (χ1) is 14.8. The van der Waals surface area contributed by atoms with Gasteiger partial charge in [0.15, 0.2) is 0 Å². The molecule has 0 aliphatic carbocycles. The van der Waals surface area contributed by atoms with Gasteiger partial charge in [-0.25, -0.2) is 9.07 Å². The van der Waals surface area contributed by atoms with Gasteiger partial charge in [-0.3, -0.25) is 14.7 Å². The van der Waals surface area contributed by atoms with Crippen LogP contribution in [0.5, 0.6) is 5.75 Å². The topological polar surface area (TPSA) is 118 Å². The Morgan fingerprint density at radius 1 is 1.42 bits per heavy atom. The molecule has 0 saturated carbocycles. The third-order valence-electron chi connectivity index (χ3n) is 5.29. The molecule has 2 aliphatic heterocycles. The van der Waals surface area contributed by atoms with E-state index in [9.17, 15) is 9.18 Å². The first kappa shape index (κ1) is 21.4. The van der Waals surface area contributed by atoms with Gasteiger partial charge in [-0.2, -0.15) is 0 Å². The maximum absolute atomic E-state index is 13.5. The summed E-state index contributed by atoms with van der Waals surface area (Å²) in [6, 6.07) is 4.41. The highest BCUT2D eigenvalue weighted by atomic mass is 79.9. The number of ether oxygens (including phenoxy) is 1. The van der Waals surface area contributed by atoms with Gasteiger partial charge < -0.3 is 15.2 Å². The summed E-state index contributed by atoms with van der Waals surface area (Å²) < 4.78 is 21.4. The predicted molar refractivity (Wildman–Crippen MR) is 113 cm³/mol. The predicted octanol–water partition coefficient (Wildman–Crippen LogP) is 1.89. The van der Waals surface area contributed by atoms with E-state index in [0.29, 0.717) is 11.4 Å². The maximum Gasteiger partial charge on any atom is 0.325 e. The van der Waals surface area contributed by atoms with Crippen molar-refractivity contribution in [3.63, 3.8) is 0 Å². The van der Waals surface area contributed by atoms with Crippen LogP contribution in [-0.4, -0.2) is 67.3 Å². The third-order valence-corrected chi connectivity index (χ3v) is 5.94. The molecule has 0 radical (unpaired) electrons. The summed E-state index contributed by atoms with van der Waals surface area (Å²) in [6.45, 7) is 3.18. The maximum atomic E-state index is 13.5. The molecule has 0 spiro atoms. The number of hydrogen-bond donors (Lipinski definition) is 2. The zero-order valence-electron chi connectivity index (χ0n) is 16.7. The lowest BCUT2D eigenvalue weighted by Gasteiger charge is -2.43. The Labute approximate surface area is 185 Å². The van der Waals surface area contributed by atoms with Crippen LogP contribution >= 0.6 is 15.9 Å². The molecule has 12 heteroatoms. The number of nitrogens with one attached hydrogen (secondary N) is 1. The molecule has 1 aromatic heterocycles. The van der Waals surface area contributed by atoms with Crippen molar-refractivity contribution < 1.29 is 19.0 Å². The molecule has 10 nitrogen and oxygen atoms in total. The van der Waals surface area contributed by atoms with Crippen LogP contribution in [-0.2, 0) is 11.3 Å². The number of likely N-dealkylation sites (tertiary alicyclic amines) is 1. The van der Waals surface area contributed by atoms with E-state index in [4.69, 9.17) is 9.84 Å². The Kier molecular flexibility index (Phi) is 6.01. The van der Waals surface area contributed by atoms with Crippen molar-refractivity contribution >= 4 is 33.8 Å². The van der Waals surface area contributed by atoms with Crippen LogP contribution in [0.25, 0.3) is 5.70 Å². The molecule has 0 bridgehead atoms. The van der Waals surface area contributed by atoms with Crippen LogP contribution in [0.4, 0.5) is 4.39 Å². The molecule has 1 atom stereocenters. The van der Waals surface area contributed by atoms with Gasteiger partial charge in [-0.05, 0) is 58.3 Å². The Morgan fingerprint density at radius 2 is 2.19 bits per heavy atom. The van der Waals surface area contributed by atoms with E-state index < -0.39 is 11.6 Å². The number of aromatic nitrogens is 4. The van der Waals surface area contributed by atoms with Gasteiger partial charge in [0.25, 0.3) is 0 Å². The number of carboxylic acid groups (broad SMARTS) is 1. The number of hydrogen-bond acceptors (Lipinski definition) is 8. The van der Waals surface area contributed by atoms with Gasteiger partial charge in [0.2, 0.25) is 5.82 Å². The summed E-state index contributed by atoms with van der Waals surface area (Å²) in [5.41, 5.74) is -0.0585. The zero-order valence-corrected chi connectivity index (χ0v) is 18.3. The molecule has 0 amide bonds. The number of halogens is 2. The Balaban J connectivity index is 1.36. The molecule has 2 aromatic rings. The van der Waals surface area contributed by atoms with E-state index >= 15 is 0 Å². The minimum atomic E-state index is -1.04. The van der Waals surface area contributed by atoms with Crippen molar-refractivity contribution in [2.45, 2.75) is 38.1 Å². The van der Waals surface area contributed by atoms with Gasteiger partial charge in [0.05, 0.1) is 4.47 Å². The van der Waals surface area contributed by atoms with E-state index in [1.54, 1.807) is 18.5 Å². The minimum absolute atomic E-state index is 0.00905. The smallest absolute Gasteiger partial charge is 0.325 e.